The van der Waals surface area contributed by atoms with E-state index in [-0.39, 0.29) is 0 Å². The Morgan fingerprint density at radius 1 is 1.29 bits per heavy atom. The normalized spacial score (nSPS) is 21.1. The molecule has 0 aromatic carbocycles. The number of rotatable bonds is 4. The van der Waals surface area contributed by atoms with Gasteiger partial charge in [-0.25, -0.2) is 0 Å². The fourth-order valence-electron chi connectivity index (χ4n) is 3.46. The summed E-state index contributed by atoms with van der Waals surface area (Å²) < 4.78 is 5.26. The fraction of sp³-hybridized carbons (Fsp3) is 0.750. The number of carbonyl (C=O) groups is 1. The Morgan fingerprint density at radius 2 is 2.00 bits per heavy atom. The maximum absolute atomic E-state index is 12.3. The Kier molecular flexibility index (Phi) is 4.58. The molecule has 2 aliphatic rings. The van der Waals surface area contributed by atoms with Crippen molar-refractivity contribution in [3.05, 3.63) is 17.5 Å². The molecule has 2 heterocycles. The number of amides is 1. The van der Waals surface area contributed by atoms with Crippen LogP contribution in [0.3, 0.4) is 0 Å². The molecule has 5 nitrogen and oxygen atoms in total. The molecule has 116 valence electrons. The predicted octanol–water partition coefficient (Wildman–Crippen LogP) is 2.21. The third-order valence-electron chi connectivity index (χ3n) is 4.72. The molecule has 0 spiro atoms. The first-order valence-electron chi connectivity index (χ1n) is 8.13. The van der Waals surface area contributed by atoms with Gasteiger partial charge in [0.2, 0.25) is 5.91 Å². The van der Waals surface area contributed by atoms with E-state index >= 15 is 0 Å². The zero-order chi connectivity index (χ0) is 14.7. The van der Waals surface area contributed by atoms with E-state index in [2.05, 4.69) is 10.1 Å². The standard InChI is InChI=1S/C16H25N3O2/c1-13-10-15(21-17-13)12-18-6-8-19(9-7-18)16(20)11-14-4-2-3-5-14/h10,14H,2-9,11-12H2,1H3. The molecule has 0 N–H and O–H groups in total. The monoisotopic (exact) mass is 291 g/mol. The molecule has 1 aliphatic carbocycles. The Balaban J connectivity index is 1.42. The van der Waals surface area contributed by atoms with Gasteiger partial charge in [-0.05, 0) is 25.7 Å². The minimum Gasteiger partial charge on any atom is -0.360 e. The Labute approximate surface area is 126 Å². The van der Waals surface area contributed by atoms with E-state index in [1.165, 1.54) is 25.7 Å². The topological polar surface area (TPSA) is 49.6 Å². The first-order valence-corrected chi connectivity index (χ1v) is 8.13. The second kappa shape index (κ2) is 6.60. The number of piperazine rings is 1. The summed E-state index contributed by atoms with van der Waals surface area (Å²) in [5, 5.41) is 3.92. The van der Waals surface area contributed by atoms with Crippen molar-refractivity contribution in [2.24, 2.45) is 5.92 Å². The first kappa shape index (κ1) is 14.6. The highest BCUT2D eigenvalue weighted by atomic mass is 16.5. The number of hydrogen-bond acceptors (Lipinski definition) is 4. The molecule has 0 bridgehead atoms. The average Bonchev–Trinajstić information content (AvgIpc) is 3.12. The summed E-state index contributed by atoms with van der Waals surface area (Å²) >= 11 is 0. The zero-order valence-corrected chi connectivity index (χ0v) is 12.9. The van der Waals surface area contributed by atoms with Crippen molar-refractivity contribution in [3.63, 3.8) is 0 Å². The SMILES string of the molecule is Cc1cc(CN2CCN(C(=O)CC3CCCC3)CC2)on1. The van der Waals surface area contributed by atoms with Gasteiger partial charge in [0, 0.05) is 38.7 Å². The van der Waals surface area contributed by atoms with Crippen LogP contribution in [0.25, 0.3) is 0 Å². The number of aromatic nitrogens is 1. The van der Waals surface area contributed by atoms with Crippen LogP contribution in [0.2, 0.25) is 0 Å². The second-order valence-electron chi connectivity index (χ2n) is 6.45. The minimum absolute atomic E-state index is 0.358. The quantitative estimate of drug-likeness (QED) is 0.853. The van der Waals surface area contributed by atoms with E-state index in [0.29, 0.717) is 11.8 Å². The van der Waals surface area contributed by atoms with Gasteiger partial charge >= 0.3 is 0 Å². The molecule has 3 rings (SSSR count). The van der Waals surface area contributed by atoms with Crippen LogP contribution in [0.15, 0.2) is 10.6 Å². The number of carbonyl (C=O) groups excluding carboxylic acids is 1. The highest BCUT2D eigenvalue weighted by Gasteiger charge is 2.25. The molecule has 1 saturated heterocycles. The first-order chi connectivity index (χ1) is 10.2. The Bertz CT molecular complexity index is 472. The lowest BCUT2D eigenvalue weighted by molar-refractivity contribution is -0.134. The van der Waals surface area contributed by atoms with Crippen LogP contribution in [0.4, 0.5) is 0 Å². The van der Waals surface area contributed by atoms with Crippen LogP contribution in [-0.4, -0.2) is 47.0 Å². The largest absolute Gasteiger partial charge is 0.360 e. The van der Waals surface area contributed by atoms with Crippen molar-refractivity contribution in [2.75, 3.05) is 26.2 Å². The van der Waals surface area contributed by atoms with Gasteiger partial charge in [0.1, 0.15) is 0 Å². The summed E-state index contributed by atoms with van der Waals surface area (Å²) in [7, 11) is 0. The Morgan fingerprint density at radius 3 is 2.62 bits per heavy atom. The lowest BCUT2D eigenvalue weighted by Crippen LogP contribution is -2.48. The number of aryl methyl sites for hydroxylation is 1. The van der Waals surface area contributed by atoms with Gasteiger partial charge in [0.15, 0.2) is 5.76 Å². The molecule has 2 fully saturated rings. The lowest BCUT2D eigenvalue weighted by Gasteiger charge is -2.34. The summed E-state index contributed by atoms with van der Waals surface area (Å²) in [5.41, 5.74) is 0.926. The predicted molar refractivity (Wildman–Crippen MR) is 79.7 cm³/mol. The van der Waals surface area contributed by atoms with Crippen LogP contribution in [-0.2, 0) is 11.3 Å². The molecule has 0 atom stereocenters. The zero-order valence-electron chi connectivity index (χ0n) is 12.9. The van der Waals surface area contributed by atoms with Crippen LogP contribution >= 0.6 is 0 Å². The van der Waals surface area contributed by atoms with Crippen molar-refractivity contribution in [3.8, 4) is 0 Å². The molecule has 0 radical (unpaired) electrons. The summed E-state index contributed by atoms with van der Waals surface area (Å²) in [6.07, 6.45) is 5.87. The molecule has 21 heavy (non-hydrogen) atoms. The van der Waals surface area contributed by atoms with Gasteiger partial charge < -0.3 is 9.42 Å². The van der Waals surface area contributed by atoms with Crippen LogP contribution in [0.5, 0.6) is 0 Å². The van der Waals surface area contributed by atoms with Crippen molar-refractivity contribution in [1.29, 1.82) is 0 Å². The van der Waals surface area contributed by atoms with E-state index in [1.807, 2.05) is 17.9 Å². The second-order valence-corrected chi connectivity index (χ2v) is 6.45. The van der Waals surface area contributed by atoms with E-state index in [9.17, 15) is 4.79 Å². The van der Waals surface area contributed by atoms with Gasteiger partial charge in [-0.3, -0.25) is 9.69 Å². The lowest BCUT2D eigenvalue weighted by atomic mass is 10.0. The summed E-state index contributed by atoms with van der Waals surface area (Å²) in [5.74, 6) is 1.92. The van der Waals surface area contributed by atoms with E-state index in [0.717, 1.165) is 50.6 Å². The molecule has 1 amide bonds. The summed E-state index contributed by atoms with van der Waals surface area (Å²) in [6.45, 7) is 6.28. The average molecular weight is 291 g/mol. The van der Waals surface area contributed by atoms with Crippen molar-refractivity contribution >= 4 is 5.91 Å². The molecule has 5 heteroatoms. The highest BCUT2D eigenvalue weighted by Crippen LogP contribution is 2.28. The van der Waals surface area contributed by atoms with Gasteiger partial charge in [0.05, 0.1) is 12.2 Å². The molecular weight excluding hydrogens is 266 g/mol. The van der Waals surface area contributed by atoms with E-state index < -0.39 is 0 Å². The van der Waals surface area contributed by atoms with Gasteiger partial charge in [-0.15, -0.1) is 0 Å². The third-order valence-corrected chi connectivity index (χ3v) is 4.72. The minimum atomic E-state index is 0.358. The Hall–Kier alpha value is -1.36. The molecule has 0 unspecified atom stereocenters. The highest BCUT2D eigenvalue weighted by molar-refractivity contribution is 5.76. The van der Waals surface area contributed by atoms with Gasteiger partial charge in [-0.1, -0.05) is 18.0 Å². The fourth-order valence-corrected chi connectivity index (χ4v) is 3.46. The van der Waals surface area contributed by atoms with Crippen LogP contribution < -0.4 is 0 Å². The number of hydrogen-bond donors (Lipinski definition) is 0. The van der Waals surface area contributed by atoms with Crippen molar-refractivity contribution in [2.45, 2.75) is 45.6 Å². The maximum atomic E-state index is 12.3. The number of nitrogens with zero attached hydrogens (tertiary/aromatic N) is 3. The van der Waals surface area contributed by atoms with E-state index in [1.54, 1.807) is 0 Å². The summed E-state index contributed by atoms with van der Waals surface area (Å²) in [4.78, 5) is 16.7. The molecule has 1 saturated carbocycles. The third kappa shape index (κ3) is 3.84. The van der Waals surface area contributed by atoms with Crippen LogP contribution in [0, 0.1) is 12.8 Å². The molecule has 1 aromatic heterocycles. The molecule has 1 aliphatic heterocycles. The van der Waals surface area contributed by atoms with Crippen LogP contribution in [0.1, 0.15) is 43.6 Å². The van der Waals surface area contributed by atoms with E-state index in [4.69, 9.17) is 4.52 Å². The van der Waals surface area contributed by atoms with Gasteiger partial charge in [-0.2, -0.15) is 0 Å². The van der Waals surface area contributed by atoms with Gasteiger partial charge in [0.25, 0.3) is 0 Å². The smallest absolute Gasteiger partial charge is 0.222 e. The molecular formula is C16H25N3O2. The maximum Gasteiger partial charge on any atom is 0.222 e. The van der Waals surface area contributed by atoms with Crippen molar-refractivity contribution in [1.82, 2.24) is 15.0 Å². The van der Waals surface area contributed by atoms with Crippen molar-refractivity contribution < 1.29 is 9.32 Å². The molecule has 1 aromatic rings. The summed E-state index contributed by atoms with van der Waals surface area (Å²) in [6, 6.07) is 1.98.